The molecule has 1 saturated carbocycles. The number of benzene rings is 1. The number of ether oxygens (including phenoxy) is 2. The Hall–Kier alpha value is -1.39. The Kier molecular flexibility index (Phi) is 6.14. The van der Waals surface area contributed by atoms with Gasteiger partial charge in [-0.05, 0) is 43.6 Å². The maximum Gasteiger partial charge on any atom is 0.230 e. The highest BCUT2D eigenvalue weighted by molar-refractivity contribution is 5.88. The van der Waals surface area contributed by atoms with Crippen molar-refractivity contribution < 1.29 is 14.3 Å². The van der Waals surface area contributed by atoms with Gasteiger partial charge < -0.3 is 14.8 Å². The topological polar surface area (TPSA) is 47.6 Å². The summed E-state index contributed by atoms with van der Waals surface area (Å²) in [6.45, 7) is 3.21. The molecule has 1 N–H and O–H groups in total. The van der Waals surface area contributed by atoms with Crippen LogP contribution < -0.4 is 5.32 Å². The molecule has 2 atom stereocenters. The average molecular weight is 372 g/mol. The van der Waals surface area contributed by atoms with Crippen LogP contribution in [0.3, 0.4) is 0 Å². The molecule has 27 heavy (non-hydrogen) atoms. The molecule has 0 spiro atoms. The number of nitrogens with one attached hydrogen (secondary N) is 1. The third-order valence-corrected chi connectivity index (χ3v) is 7.06. The van der Waals surface area contributed by atoms with Crippen molar-refractivity contribution in [1.29, 1.82) is 0 Å². The Morgan fingerprint density at radius 1 is 0.926 bits per heavy atom. The van der Waals surface area contributed by atoms with E-state index in [-0.39, 0.29) is 17.4 Å². The van der Waals surface area contributed by atoms with Crippen LogP contribution in [-0.2, 0) is 19.7 Å². The second-order valence-electron chi connectivity index (χ2n) is 8.57. The minimum Gasteiger partial charge on any atom is -0.381 e. The van der Waals surface area contributed by atoms with Crippen LogP contribution in [0, 0.1) is 11.8 Å². The molecule has 3 fully saturated rings. The molecule has 1 aromatic carbocycles. The van der Waals surface area contributed by atoms with Gasteiger partial charge in [-0.2, -0.15) is 0 Å². The molecule has 4 heteroatoms. The van der Waals surface area contributed by atoms with Crippen molar-refractivity contribution in [1.82, 2.24) is 5.32 Å². The number of hydrogen-bond donors (Lipinski definition) is 1. The van der Waals surface area contributed by atoms with E-state index >= 15 is 0 Å². The van der Waals surface area contributed by atoms with E-state index in [9.17, 15) is 4.79 Å². The summed E-state index contributed by atoms with van der Waals surface area (Å²) in [6.07, 6.45) is 8.55. The van der Waals surface area contributed by atoms with Crippen LogP contribution >= 0.6 is 0 Å². The Morgan fingerprint density at radius 2 is 1.63 bits per heavy atom. The molecule has 0 radical (unpaired) electrons. The molecule has 0 bridgehead atoms. The average Bonchev–Trinajstić information content (AvgIpc) is 2.76. The molecule has 2 aliphatic heterocycles. The van der Waals surface area contributed by atoms with E-state index in [1.807, 2.05) is 6.07 Å². The first-order chi connectivity index (χ1) is 13.3. The molecule has 3 aliphatic rings. The van der Waals surface area contributed by atoms with Gasteiger partial charge in [0.1, 0.15) is 0 Å². The first-order valence-electron chi connectivity index (χ1n) is 10.8. The molecular weight excluding hydrogens is 338 g/mol. The fourth-order valence-corrected chi connectivity index (χ4v) is 5.41. The van der Waals surface area contributed by atoms with Gasteiger partial charge >= 0.3 is 0 Å². The van der Waals surface area contributed by atoms with Crippen LogP contribution in [0.1, 0.15) is 56.9 Å². The lowest BCUT2D eigenvalue weighted by Crippen LogP contribution is -2.54. The van der Waals surface area contributed by atoms with E-state index < -0.39 is 0 Å². The highest BCUT2D eigenvalue weighted by atomic mass is 16.5. The van der Waals surface area contributed by atoms with Gasteiger partial charge in [0.2, 0.25) is 5.91 Å². The summed E-state index contributed by atoms with van der Waals surface area (Å²) >= 11 is 0. The molecule has 148 valence electrons. The second-order valence-corrected chi connectivity index (χ2v) is 8.57. The van der Waals surface area contributed by atoms with Crippen molar-refractivity contribution in [2.75, 3.05) is 26.4 Å². The van der Waals surface area contributed by atoms with Crippen molar-refractivity contribution in [3.8, 4) is 0 Å². The van der Waals surface area contributed by atoms with E-state index in [2.05, 4.69) is 29.6 Å². The second kappa shape index (κ2) is 8.74. The Bertz CT molecular complexity index is 605. The van der Waals surface area contributed by atoms with Crippen LogP contribution in [0.15, 0.2) is 30.3 Å². The molecule has 2 saturated heterocycles. The van der Waals surface area contributed by atoms with E-state index in [1.165, 1.54) is 12.0 Å². The summed E-state index contributed by atoms with van der Waals surface area (Å²) in [6, 6.07) is 10.7. The van der Waals surface area contributed by atoms with E-state index in [4.69, 9.17) is 9.47 Å². The van der Waals surface area contributed by atoms with Crippen LogP contribution in [0.5, 0.6) is 0 Å². The third-order valence-electron chi connectivity index (χ3n) is 7.06. The molecule has 1 amide bonds. The predicted molar refractivity (Wildman–Crippen MR) is 106 cm³/mol. The first-order valence-corrected chi connectivity index (χ1v) is 10.8. The standard InChI is InChI=1S/C23H33NO3/c25-22(23(12-5-2-6-13-23)19-7-3-1-4-8-19)24-21-11-16-27-17-20(21)18-9-14-26-15-10-18/h1,3-4,7-8,18,20-21H,2,5-6,9-17H2,(H,24,25)/t20-,21-/m1/s1. The SMILES string of the molecule is O=C(N[C@@H]1CCOC[C@@H]1C1CCOCC1)C1(c2ccccc2)CCCCC1. The Balaban J connectivity index is 1.52. The lowest BCUT2D eigenvalue weighted by molar-refractivity contribution is -0.131. The van der Waals surface area contributed by atoms with Gasteiger partial charge in [0, 0.05) is 31.8 Å². The van der Waals surface area contributed by atoms with Crippen LogP contribution in [0.4, 0.5) is 0 Å². The molecule has 4 rings (SSSR count). The quantitative estimate of drug-likeness (QED) is 0.875. The zero-order valence-electron chi connectivity index (χ0n) is 16.3. The van der Waals surface area contributed by atoms with Crippen LogP contribution in [-0.4, -0.2) is 38.4 Å². The Labute approximate surface area is 163 Å². The maximum absolute atomic E-state index is 13.6. The zero-order chi connectivity index (χ0) is 18.5. The summed E-state index contributed by atoms with van der Waals surface area (Å²) in [4.78, 5) is 13.6. The molecule has 1 aromatic rings. The van der Waals surface area contributed by atoms with E-state index in [0.717, 1.165) is 71.4 Å². The summed E-state index contributed by atoms with van der Waals surface area (Å²) in [5, 5.41) is 3.52. The minimum atomic E-state index is -0.349. The van der Waals surface area contributed by atoms with Gasteiger partial charge in [-0.3, -0.25) is 4.79 Å². The lowest BCUT2D eigenvalue weighted by Gasteiger charge is -2.42. The van der Waals surface area contributed by atoms with Gasteiger partial charge in [-0.15, -0.1) is 0 Å². The third kappa shape index (κ3) is 4.07. The minimum absolute atomic E-state index is 0.233. The van der Waals surface area contributed by atoms with Crippen molar-refractivity contribution in [2.45, 2.75) is 62.8 Å². The van der Waals surface area contributed by atoms with E-state index in [1.54, 1.807) is 0 Å². The van der Waals surface area contributed by atoms with Gasteiger partial charge in [-0.25, -0.2) is 0 Å². The molecular formula is C23H33NO3. The molecule has 2 heterocycles. The number of rotatable bonds is 4. The summed E-state index contributed by atoms with van der Waals surface area (Å²) in [7, 11) is 0. The monoisotopic (exact) mass is 371 g/mol. The lowest BCUT2D eigenvalue weighted by atomic mass is 9.68. The fraction of sp³-hybridized carbons (Fsp3) is 0.696. The molecule has 1 aliphatic carbocycles. The molecule has 0 aromatic heterocycles. The summed E-state index contributed by atoms with van der Waals surface area (Å²) in [5.41, 5.74) is 0.842. The number of carbonyl (C=O) groups excluding carboxylic acids is 1. The highest BCUT2D eigenvalue weighted by Crippen LogP contribution is 2.40. The van der Waals surface area contributed by atoms with Crippen LogP contribution in [0.25, 0.3) is 0 Å². The zero-order valence-corrected chi connectivity index (χ0v) is 16.3. The van der Waals surface area contributed by atoms with Gasteiger partial charge in [0.05, 0.1) is 12.0 Å². The number of hydrogen-bond acceptors (Lipinski definition) is 3. The fourth-order valence-electron chi connectivity index (χ4n) is 5.41. The van der Waals surface area contributed by atoms with Crippen molar-refractivity contribution in [2.24, 2.45) is 11.8 Å². The summed E-state index contributed by atoms with van der Waals surface area (Å²) < 4.78 is 11.4. The van der Waals surface area contributed by atoms with Crippen LogP contribution in [0.2, 0.25) is 0 Å². The predicted octanol–water partition coefficient (Wildman–Crippen LogP) is 3.84. The van der Waals surface area contributed by atoms with Crippen molar-refractivity contribution in [3.63, 3.8) is 0 Å². The van der Waals surface area contributed by atoms with Gasteiger partial charge in [0.25, 0.3) is 0 Å². The largest absolute Gasteiger partial charge is 0.381 e. The van der Waals surface area contributed by atoms with Gasteiger partial charge in [0.15, 0.2) is 0 Å². The van der Waals surface area contributed by atoms with Crippen molar-refractivity contribution in [3.05, 3.63) is 35.9 Å². The van der Waals surface area contributed by atoms with Gasteiger partial charge in [-0.1, -0.05) is 49.6 Å². The number of amides is 1. The summed E-state index contributed by atoms with van der Waals surface area (Å²) in [5.74, 6) is 1.27. The first kappa shape index (κ1) is 18.9. The smallest absolute Gasteiger partial charge is 0.230 e. The number of carbonyl (C=O) groups is 1. The van der Waals surface area contributed by atoms with E-state index in [0.29, 0.717) is 11.8 Å². The highest BCUT2D eigenvalue weighted by Gasteiger charge is 2.43. The molecule has 0 unspecified atom stereocenters. The maximum atomic E-state index is 13.6. The van der Waals surface area contributed by atoms with Crippen molar-refractivity contribution >= 4 is 5.91 Å². The normalized spacial score (nSPS) is 29.2. The Morgan fingerprint density at radius 3 is 2.37 bits per heavy atom. The molecule has 4 nitrogen and oxygen atoms in total.